The Morgan fingerprint density at radius 3 is 2.13 bits per heavy atom. The minimum Gasteiger partial charge on any atom is -0.267 e. The number of sulfonamides is 1. The van der Waals surface area contributed by atoms with Gasteiger partial charge >= 0.3 is 0 Å². The highest BCUT2D eigenvalue weighted by atomic mass is 32.2. The summed E-state index contributed by atoms with van der Waals surface area (Å²) in [4.78, 5) is 12.6. The van der Waals surface area contributed by atoms with Crippen LogP contribution in [0.2, 0.25) is 0 Å². The van der Waals surface area contributed by atoms with Crippen LogP contribution in [0, 0.1) is 0 Å². The summed E-state index contributed by atoms with van der Waals surface area (Å²) in [5.41, 5.74) is 5.60. The van der Waals surface area contributed by atoms with Crippen LogP contribution in [0.25, 0.3) is 0 Å². The second-order valence-electron chi connectivity index (χ2n) is 8.08. The summed E-state index contributed by atoms with van der Waals surface area (Å²) in [6.07, 6.45) is 0. The number of hydrogen-bond donors (Lipinski definition) is 1. The maximum absolute atomic E-state index is 12.7. The third-order valence-corrected chi connectivity index (χ3v) is 6.98. The zero-order valence-electron chi connectivity index (χ0n) is 18.6. The molecule has 0 saturated heterocycles. The lowest BCUT2D eigenvalue weighted by Gasteiger charge is -2.19. The Morgan fingerprint density at radius 2 is 1.60 bits per heavy atom. The molecule has 0 fully saturated rings. The molecule has 162 valence electrons. The summed E-state index contributed by atoms with van der Waals surface area (Å²) in [5.74, 6) is -0.461. The summed E-state index contributed by atoms with van der Waals surface area (Å²) in [6, 6.07) is 14.1. The maximum atomic E-state index is 12.7. The normalized spacial score (nSPS) is 12.8. The number of carbonyl (C=O) groups is 1. The Kier molecular flexibility index (Phi) is 7.55. The van der Waals surface area contributed by atoms with E-state index in [-0.39, 0.29) is 15.9 Å². The molecule has 0 spiro atoms. The number of nitrogens with zero attached hydrogens (tertiary/aromatic N) is 2. The van der Waals surface area contributed by atoms with Crippen molar-refractivity contribution in [2.24, 2.45) is 5.10 Å². The highest BCUT2D eigenvalue weighted by molar-refractivity contribution is 7.89. The first-order valence-corrected chi connectivity index (χ1v) is 11.5. The van der Waals surface area contributed by atoms with Gasteiger partial charge in [-0.25, -0.2) is 13.8 Å². The fourth-order valence-electron chi connectivity index (χ4n) is 2.99. The molecule has 0 atom stereocenters. The molecule has 0 aliphatic rings. The lowest BCUT2D eigenvalue weighted by atomic mass is 9.86. The van der Waals surface area contributed by atoms with Gasteiger partial charge in [-0.15, -0.1) is 0 Å². The van der Waals surface area contributed by atoms with Crippen LogP contribution in [0.1, 0.15) is 63.0 Å². The van der Waals surface area contributed by atoms with E-state index in [9.17, 15) is 13.2 Å². The van der Waals surface area contributed by atoms with Gasteiger partial charge in [-0.05, 0) is 41.7 Å². The SMILES string of the molecule is CCN(CC)S(=O)(=O)c1cccc(C(=O)N/N=C(/C)c2ccc(C(C)(C)C)cc2)c1. The molecule has 2 aromatic carbocycles. The Morgan fingerprint density at radius 1 is 1.00 bits per heavy atom. The van der Waals surface area contributed by atoms with Crippen molar-refractivity contribution in [1.29, 1.82) is 0 Å². The number of rotatable bonds is 7. The second kappa shape index (κ2) is 9.53. The molecule has 0 aliphatic heterocycles. The second-order valence-corrected chi connectivity index (χ2v) is 10.0. The molecule has 0 aromatic heterocycles. The number of hydrazone groups is 1. The van der Waals surface area contributed by atoms with Gasteiger partial charge in [-0.3, -0.25) is 4.79 Å². The summed E-state index contributed by atoms with van der Waals surface area (Å²) in [6.45, 7) is 12.6. The quantitative estimate of drug-likeness (QED) is 0.530. The predicted octanol–water partition coefficient (Wildman–Crippen LogP) is 4.17. The molecular formula is C23H31N3O3S. The van der Waals surface area contributed by atoms with Gasteiger partial charge in [0.1, 0.15) is 0 Å². The molecule has 1 amide bonds. The zero-order valence-corrected chi connectivity index (χ0v) is 19.4. The topological polar surface area (TPSA) is 78.8 Å². The molecule has 0 heterocycles. The molecule has 0 radical (unpaired) electrons. The van der Waals surface area contributed by atoms with Crippen molar-refractivity contribution in [3.8, 4) is 0 Å². The van der Waals surface area contributed by atoms with Crippen LogP contribution < -0.4 is 5.43 Å². The van der Waals surface area contributed by atoms with Crippen molar-refractivity contribution < 1.29 is 13.2 Å². The fourth-order valence-corrected chi connectivity index (χ4v) is 4.49. The highest BCUT2D eigenvalue weighted by Gasteiger charge is 2.22. The number of benzene rings is 2. The van der Waals surface area contributed by atoms with Gasteiger partial charge in [0.2, 0.25) is 10.0 Å². The van der Waals surface area contributed by atoms with E-state index in [0.717, 1.165) is 5.56 Å². The lowest BCUT2D eigenvalue weighted by Crippen LogP contribution is -2.30. The maximum Gasteiger partial charge on any atom is 0.271 e. The summed E-state index contributed by atoms with van der Waals surface area (Å²) < 4.78 is 26.7. The molecular weight excluding hydrogens is 398 g/mol. The Hall–Kier alpha value is -2.51. The van der Waals surface area contributed by atoms with Crippen molar-refractivity contribution in [3.63, 3.8) is 0 Å². The average molecular weight is 430 g/mol. The monoisotopic (exact) mass is 429 g/mol. The van der Waals surface area contributed by atoms with E-state index in [0.29, 0.717) is 18.8 Å². The third kappa shape index (κ3) is 5.55. The first-order chi connectivity index (χ1) is 14.0. The predicted molar refractivity (Wildman–Crippen MR) is 121 cm³/mol. The van der Waals surface area contributed by atoms with Crippen molar-refractivity contribution in [2.75, 3.05) is 13.1 Å². The van der Waals surface area contributed by atoms with E-state index >= 15 is 0 Å². The van der Waals surface area contributed by atoms with E-state index in [4.69, 9.17) is 0 Å². The molecule has 7 heteroatoms. The van der Waals surface area contributed by atoms with Crippen LogP contribution >= 0.6 is 0 Å². The van der Waals surface area contributed by atoms with Gasteiger partial charge in [-0.1, -0.05) is 65.0 Å². The largest absolute Gasteiger partial charge is 0.271 e. The van der Waals surface area contributed by atoms with Gasteiger partial charge in [0.15, 0.2) is 0 Å². The average Bonchev–Trinajstić information content (AvgIpc) is 2.72. The lowest BCUT2D eigenvalue weighted by molar-refractivity contribution is 0.0954. The standard InChI is InChI=1S/C23H31N3O3S/c1-7-26(8-2)30(28,29)21-11-9-10-19(16-21)22(27)25-24-17(3)18-12-14-20(15-13-18)23(4,5)6/h9-16H,7-8H2,1-6H3,(H,25,27)/b24-17-. The van der Waals surface area contributed by atoms with Gasteiger partial charge in [0.25, 0.3) is 5.91 Å². The van der Waals surface area contributed by atoms with Gasteiger partial charge in [0, 0.05) is 18.7 Å². The Bertz CT molecular complexity index is 1020. The van der Waals surface area contributed by atoms with Gasteiger partial charge in [-0.2, -0.15) is 9.41 Å². The zero-order chi connectivity index (χ0) is 22.5. The highest BCUT2D eigenvalue weighted by Crippen LogP contribution is 2.22. The Labute approximate surface area is 180 Å². The van der Waals surface area contributed by atoms with E-state index in [1.807, 2.05) is 19.1 Å². The molecule has 0 bridgehead atoms. The van der Waals surface area contributed by atoms with E-state index < -0.39 is 15.9 Å². The van der Waals surface area contributed by atoms with Crippen molar-refractivity contribution >= 4 is 21.6 Å². The molecule has 2 rings (SSSR count). The van der Waals surface area contributed by atoms with Crippen LogP contribution in [0.4, 0.5) is 0 Å². The van der Waals surface area contributed by atoms with E-state index in [2.05, 4.69) is 43.4 Å². The first kappa shape index (κ1) is 23.8. The Balaban J connectivity index is 2.18. The van der Waals surface area contributed by atoms with Crippen LogP contribution in [-0.2, 0) is 15.4 Å². The van der Waals surface area contributed by atoms with Crippen LogP contribution in [0.15, 0.2) is 58.5 Å². The minimum absolute atomic E-state index is 0.0638. The smallest absolute Gasteiger partial charge is 0.267 e. The summed E-state index contributed by atoms with van der Waals surface area (Å²) in [5, 5.41) is 4.18. The number of carbonyl (C=O) groups excluding carboxylic acids is 1. The minimum atomic E-state index is -3.63. The number of amides is 1. The molecule has 2 aromatic rings. The fraction of sp³-hybridized carbons (Fsp3) is 0.391. The van der Waals surface area contributed by atoms with Crippen molar-refractivity contribution in [1.82, 2.24) is 9.73 Å². The van der Waals surface area contributed by atoms with Gasteiger partial charge in [0.05, 0.1) is 10.6 Å². The van der Waals surface area contributed by atoms with Crippen LogP contribution in [0.3, 0.4) is 0 Å². The van der Waals surface area contributed by atoms with E-state index in [1.54, 1.807) is 26.0 Å². The van der Waals surface area contributed by atoms with Crippen molar-refractivity contribution in [2.45, 2.75) is 51.9 Å². The first-order valence-electron chi connectivity index (χ1n) is 10.1. The summed E-state index contributed by atoms with van der Waals surface area (Å²) in [7, 11) is -3.63. The molecule has 30 heavy (non-hydrogen) atoms. The molecule has 1 N–H and O–H groups in total. The molecule has 0 saturated carbocycles. The molecule has 0 unspecified atom stereocenters. The van der Waals surface area contributed by atoms with Crippen LogP contribution in [0.5, 0.6) is 0 Å². The molecule has 0 aliphatic carbocycles. The van der Waals surface area contributed by atoms with E-state index in [1.165, 1.54) is 22.0 Å². The third-order valence-electron chi connectivity index (χ3n) is 4.93. The van der Waals surface area contributed by atoms with Crippen molar-refractivity contribution in [3.05, 3.63) is 65.2 Å². The summed E-state index contributed by atoms with van der Waals surface area (Å²) >= 11 is 0. The van der Waals surface area contributed by atoms with Crippen LogP contribution in [-0.4, -0.2) is 37.4 Å². The number of nitrogens with one attached hydrogen (secondary N) is 1. The molecule has 6 nitrogen and oxygen atoms in total. The number of hydrogen-bond acceptors (Lipinski definition) is 4. The van der Waals surface area contributed by atoms with Gasteiger partial charge < -0.3 is 0 Å².